The highest BCUT2D eigenvalue weighted by atomic mass is 16.5. The van der Waals surface area contributed by atoms with Crippen molar-refractivity contribution in [2.45, 2.75) is 53.0 Å². The largest absolute Gasteiger partial charge is 0.353 e. The number of carbonyl (C=O) groups excluding carboxylic acids is 2. The van der Waals surface area contributed by atoms with E-state index in [2.05, 4.69) is 0 Å². The smallest absolute Gasteiger partial charge is 0.245 e. The number of hydrogen-bond acceptors (Lipinski definition) is 3. The summed E-state index contributed by atoms with van der Waals surface area (Å²) in [4.78, 5) is 27.4. The van der Waals surface area contributed by atoms with Crippen molar-refractivity contribution >= 4 is 11.8 Å². The summed E-state index contributed by atoms with van der Waals surface area (Å²) in [5, 5.41) is 0. The molecule has 0 aromatic carbocycles. The topological polar surface area (TPSA) is 49.9 Å². The van der Waals surface area contributed by atoms with Crippen molar-refractivity contribution in [2.24, 2.45) is 5.92 Å². The van der Waals surface area contributed by atoms with Gasteiger partial charge in [-0.3, -0.25) is 9.59 Å². The van der Waals surface area contributed by atoms with Gasteiger partial charge in [-0.15, -0.1) is 0 Å². The van der Waals surface area contributed by atoms with Gasteiger partial charge < -0.3 is 14.5 Å². The molecule has 2 aliphatic heterocycles. The summed E-state index contributed by atoms with van der Waals surface area (Å²) in [6.07, 6.45) is 0.481. The molecule has 4 unspecified atom stereocenters. The van der Waals surface area contributed by atoms with Crippen LogP contribution in [0.4, 0.5) is 0 Å². The Morgan fingerprint density at radius 3 is 2.39 bits per heavy atom. The van der Waals surface area contributed by atoms with Crippen LogP contribution < -0.4 is 0 Å². The molecule has 2 fully saturated rings. The lowest BCUT2D eigenvalue weighted by Gasteiger charge is -2.43. The molecule has 0 radical (unpaired) electrons. The number of carbonyl (C=O) groups is 2. The van der Waals surface area contributed by atoms with E-state index in [-0.39, 0.29) is 37.5 Å². The minimum Gasteiger partial charge on any atom is -0.353 e. The van der Waals surface area contributed by atoms with E-state index in [0.717, 1.165) is 6.42 Å². The molecule has 2 aliphatic rings. The van der Waals surface area contributed by atoms with Gasteiger partial charge in [0.2, 0.25) is 11.8 Å². The Bertz CT molecular complexity index is 345. The second kappa shape index (κ2) is 5.26. The average molecular weight is 256 g/mol. The van der Waals surface area contributed by atoms with Crippen LogP contribution in [0.3, 0.4) is 0 Å². The van der Waals surface area contributed by atoms with Gasteiger partial charge in [0, 0.05) is 13.0 Å². The van der Waals surface area contributed by atoms with Gasteiger partial charge in [0.1, 0.15) is 6.04 Å². The molecule has 2 amide bonds. The lowest BCUT2D eigenvalue weighted by Crippen LogP contribution is -2.62. The Morgan fingerprint density at radius 1 is 1.17 bits per heavy atom. The fourth-order valence-corrected chi connectivity index (χ4v) is 2.72. The van der Waals surface area contributed by atoms with Crippen LogP contribution in [0, 0.1) is 5.92 Å². The second-order valence-electron chi connectivity index (χ2n) is 5.18. The lowest BCUT2D eigenvalue weighted by molar-refractivity contribution is -0.174. The van der Waals surface area contributed by atoms with Gasteiger partial charge in [-0.25, -0.2) is 0 Å². The third-order valence-corrected chi connectivity index (χ3v) is 3.64. The van der Waals surface area contributed by atoms with Crippen molar-refractivity contribution in [3.8, 4) is 0 Å². The number of piperazine rings is 1. The molecule has 0 bridgehead atoms. The highest BCUT2D eigenvalue weighted by Gasteiger charge is 2.44. The number of hydrogen-bond donors (Lipinski definition) is 0. The SMILES string of the molecule is C.CC1CC(C)C(=O)N2C(CN(C)C(=O)C2C)O1. The molecule has 0 spiro atoms. The third-order valence-electron chi connectivity index (χ3n) is 3.64. The highest BCUT2D eigenvalue weighted by molar-refractivity contribution is 5.89. The maximum atomic E-state index is 12.3. The number of fused-ring (bicyclic) bond motifs is 1. The first-order valence-electron chi connectivity index (χ1n) is 6.14. The van der Waals surface area contributed by atoms with Crippen LogP contribution >= 0.6 is 0 Å². The first-order valence-corrected chi connectivity index (χ1v) is 6.14. The number of likely N-dealkylation sites (N-methyl/N-ethyl adjacent to an activating group) is 1. The molecular formula is C13H24N2O3. The van der Waals surface area contributed by atoms with Crippen LogP contribution in [0.15, 0.2) is 0 Å². The van der Waals surface area contributed by atoms with E-state index in [9.17, 15) is 9.59 Å². The van der Waals surface area contributed by atoms with Crippen molar-refractivity contribution in [2.75, 3.05) is 13.6 Å². The van der Waals surface area contributed by atoms with Crippen molar-refractivity contribution in [1.82, 2.24) is 9.80 Å². The van der Waals surface area contributed by atoms with Crippen LogP contribution in [-0.2, 0) is 14.3 Å². The average Bonchev–Trinajstić information content (AvgIpc) is 2.34. The molecule has 18 heavy (non-hydrogen) atoms. The van der Waals surface area contributed by atoms with Crippen LogP contribution in [0.5, 0.6) is 0 Å². The van der Waals surface area contributed by atoms with Gasteiger partial charge in [-0.05, 0) is 20.3 Å². The Hall–Kier alpha value is -1.10. The van der Waals surface area contributed by atoms with Crippen molar-refractivity contribution in [3.05, 3.63) is 0 Å². The molecule has 0 N–H and O–H groups in total. The van der Waals surface area contributed by atoms with Crippen LogP contribution in [0.1, 0.15) is 34.6 Å². The molecule has 2 heterocycles. The predicted octanol–water partition coefficient (Wildman–Crippen LogP) is 1.08. The Labute approximate surface area is 109 Å². The zero-order valence-electron chi connectivity index (χ0n) is 10.8. The zero-order chi connectivity index (χ0) is 12.7. The number of rotatable bonds is 0. The summed E-state index contributed by atoms with van der Waals surface area (Å²) < 4.78 is 5.86. The van der Waals surface area contributed by atoms with Crippen LogP contribution in [0.25, 0.3) is 0 Å². The Balaban J connectivity index is 0.00000162. The summed E-state index contributed by atoms with van der Waals surface area (Å²) in [6, 6.07) is -0.418. The number of amides is 2. The summed E-state index contributed by atoms with van der Waals surface area (Å²) in [6.45, 7) is 6.12. The molecule has 4 atom stereocenters. The van der Waals surface area contributed by atoms with Crippen molar-refractivity contribution in [1.29, 1.82) is 0 Å². The Kier molecular flexibility index (Phi) is 4.37. The molecule has 0 aromatic heterocycles. The number of ether oxygens (including phenoxy) is 1. The van der Waals surface area contributed by atoms with Gasteiger partial charge in [0.15, 0.2) is 6.23 Å². The minimum atomic E-state index is -0.418. The maximum Gasteiger partial charge on any atom is 0.245 e. The predicted molar refractivity (Wildman–Crippen MR) is 68.8 cm³/mol. The normalized spacial score (nSPS) is 36.9. The van der Waals surface area contributed by atoms with E-state index in [1.807, 2.05) is 13.8 Å². The van der Waals surface area contributed by atoms with Crippen LogP contribution in [-0.4, -0.2) is 53.6 Å². The summed E-state index contributed by atoms with van der Waals surface area (Å²) in [5.74, 6) is -0.0538. The monoisotopic (exact) mass is 256 g/mol. The van der Waals surface area contributed by atoms with E-state index in [1.54, 1.807) is 23.8 Å². The molecule has 0 aromatic rings. The van der Waals surface area contributed by atoms with Gasteiger partial charge in [-0.2, -0.15) is 0 Å². The van der Waals surface area contributed by atoms with Gasteiger partial charge in [-0.1, -0.05) is 14.4 Å². The molecule has 0 aliphatic carbocycles. The molecule has 0 saturated carbocycles. The maximum absolute atomic E-state index is 12.3. The van der Waals surface area contributed by atoms with Crippen molar-refractivity contribution in [3.63, 3.8) is 0 Å². The first kappa shape index (κ1) is 15.0. The second-order valence-corrected chi connectivity index (χ2v) is 5.18. The zero-order valence-corrected chi connectivity index (χ0v) is 10.8. The van der Waals surface area contributed by atoms with Gasteiger partial charge in [0.25, 0.3) is 0 Å². The lowest BCUT2D eigenvalue weighted by atomic mass is 10.0. The van der Waals surface area contributed by atoms with E-state index < -0.39 is 6.04 Å². The van der Waals surface area contributed by atoms with E-state index in [4.69, 9.17) is 4.74 Å². The molecule has 2 saturated heterocycles. The highest BCUT2D eigenvalue weighted by Crippen LogP contribution is 2.27. The molecule has 104 valence electrons. The van der Waals surface area contributed by atoms with Crippen molar-refractivity contribution < 1.29 is 14.3 Å². The standard InChI is InChI=1S/C12H20N2O3.CH4/c1-7-5-8(2)17-10-6-13(4)12(16)9(3)14(10)11(7)15;/h7-10H,5-6H2,1-4H3;1H4. The quantitative estimate of drug-likeness (QED) is 0.651. The summed E-state index contributed by atoms with van der Waals surface area (Å²) in [7, 11) is 1.75. The van der Waals surface area contributed by atoms with E-state index >= 15 is 0 Å². The molecule has 5 nitrogen and oxygen atoms in total. The van der Waals surface area contributed by atoms with Gasteiger partial charge >= 0.3 is 0 Å². The molecule has 2 rings (SSSR count). The molecular weight excluding hydrogens is 232 g/mol. The van der Waals surface area contributed by atoms with E-state index in [0.29, 0.717) is 6.54 Å². The summed E-state index contributed by atoms with van der Waals surface area (Å²) >= 11 is 0. The van der Waals surface area contributed by atoms with Gasteiger partial charge in [0.05, 0.1) is 12.6 Å². The Morgan fingerprint density at radius 2 is 1.78 bits per heavy atom. The minimum absolute atomic E-state index is 0. The third kappa shape index (κ3) is 2.36. The summed E-state index contributed by atoms with van der Waals surface area (Å²) in [5.41, 5.74) is 0. The fraction of sp³-hybridized carbons (Fsp3) is 0.846. The first-order chi connectivity index (χ1) is 7.91. The fourth-order valence-electron chi connectivity index (χ4n) is 2.72. The number of nitrogens with zero attached hydrogens (tertiary/aromatic N) is 2. The molecule has 5 heteroatoms. The van der Waals surface area contributed by atoms with Crippen LogP contribution in [0.2, 0.25) is 0 Å². The van der Waals surface area contributed by atoms with E-state index in [1.165, 1.54) is 0 Å².